The minimum Gasteiger partial charge on any atom is -0.339 e. The number of rotatable bonds is 5. The van der Waals surface area contributed by atoms with E-state index in [4.69, 9.17) is 4.98 Å². The fraction of sp³-hybridized carbons (Fsp3) is 0.640. The summed E-state index contributed by atoms with van der Waals surface area (Å²) in [6.07, 6.45) is 7.56. The molecule has 9 heteroatoms. The van der Waals surface area contributed by atoms with E-state index in [-0.39, 0.29) is 23.8 Å². The van der Waals surface area contributed by atoms with Crippen molar-refractivity contribution < 1.29 is 9.59 Å². The summed E-state index contributed by atoms with van der Waals surface area (Å²) in [5.41, 5.74) is 0.133. The fourth-order valence-electron chi connectivity index (χ4n) is 6.07. The molecule has 0 aromatic carbocycles. The van der Waals surface area contributed by atoms with E-state index in [1.807, 2.05) is 34.6 Å². The standard InChI is InChI=1S/C25H32N6O2S/c1-17(2)31-12-21(27-16-31)20-11-30(22(32)24(14-26)6-4-5-7-24)15-25(20)8-9-29(23(25)33)10-19-13-34-18(3)28-19/h12-13,16-17,20H,4-11,15H2,1-3H3. The summed E-state index contributed by atoms with van der Waals surface area (Å²) in [6.45, 7) is 8.10. The van der Waals surface area contributed by atoms with Gasteiger partial charge in [-0.05, 0) is 40.0 Å². The van der Waals surface area contributed by atoms with Gasteiger partial charge in [0.15, 0.2) is 0 Å². The molecule has 3 fully saturated rings. The molecule has 2 aromatic rings. The molecule has 34 heavy (non-hydrogen) atoms. The molecule has 2 amide bonds. The zero-order chi connectivity index (χ0) is 24.1. The van der Waals surface area contributed by atoms with Crippen molar-refractivity contribution in [2.24, 2.45) is 10.8 Å². The molecule has 0 radical (unpaired) electrons. The number of hydrogen-bond acceptors (Lipinski definition) is 6. The summed E-state index contributed by atoms with van der Waals surface area (Å²) < 4.78 is 2.05. The SMILES string of the molecule is Cc1nc(CN2CCC3(CN(C(=O)C4(C#N)CCCC4)CC3c3cn(C(C)C)cn3)C2=O)cs1. The van der Waals surface area contributed by atoms with E-state index in [9.17, 15) is 14.9 Å². The van der Waals surface area contributed by atoms with Crippen LogP contribution in [0, 0.1) is 29.1 Å². The van der Waals surface area contributed by atoms with Gasteiger partial charge in [-0.25, -0.2) is 9.97 Å². The Bertz CT molecular complexity index is 1140. The maximum Gasteiger partial charge on any atom is 0.243 e. The van der Waals surface area contributed by atoms with Crippen LogP contribution in [0.2, 0.25) is 0 Å². The summed E-state index contributed by atoms with van der Waals surface area (Å²) >= 11 is 1.59. The molecule has 2 aromatic heterocycles. The molecule has 0 N–H and O–H groups in total. The van der Waals surface area contributed by atoms with Gasteiger partial charge in [-0.3, -0.25) is 9.59 Å². The second-order valence-electron chi connectivity index (χ2n) is 10.5. The van der Waals surface area contributed by atoms with E-state index < -0.39 is 10.8 Å². The molecule has 2 atom stereocenters. The van der Waals surface area contributed by atoms with Gasteiger partial charge >= 0.3 is 0 Å². The van der Waals surface area contributed by atoms with Crippen molar-refractivity contribution in [3.8, 4) is 6.07 Å². The Morgan fingerprint density at radius 3 is 2.71 bits per heavy atom. The average Bonchev–Trinajstić information content (AvgIpc) is 3.63. The van der Waals surface area contributed by atoms with Gasteiger partial charge in [-0.1, -0.05) is 12.8 Å². The van der Waals surface area contributed by atoms with Crippen LogP contribution < -0.4 is 0 Å². The normalized spacial score (nSPS) is 26.2. The third-order valence-electron chi connectivity index (χ3n) is 8.05. The summed E-state index contributed by atoms with van der Waals surface area (Å²) in [5, 5.41) is 12.9. The van der Waals surface area contributed by atoms with Crippen molar-refractivity contribution >= 4 is 23.2 Å². The van der Waals surface area contributed by atoms with Crippen molar-refractivity contribution in [2.45, 2.75) is 71.4 Å². The number of thiazole rings is 1. The molecule has 1 aliphatic carbocycles. The number of carbonyl (C=O) groups is 2. The molecule has 180 valence electrons. The molecule has 2 saturated heterocycles. The number of amides is 2. The first-order chi connectivity index (χ1) is 16.3. The van der Waals surface area contributed by atoms with Gasteiger partial charge in [-0.15, -0.1) is 11.3 Å². The summed E-state index contributed by atoms with van der Waals surface area (Å²) in [7, 11) is 0. The first kappa shape index (κ1) is 23.0. The van der Waals surface area contributed by atoms with Gasteiger partial charge in [0.1, 0.15) is 5.41 Å². The first-order valence-electron chi connectivity index (χ1n) is 12.2. The molecule has 1 saturated carbocycles. The lowest BCUT2D eigenvalue weighted by Crippen LogP contribution is -2.43. The lowest BCUT2D eigenvalue weighted by atomic mass is 9.75. The highest BCUT2D eigenvalue weighted by Gasteiger charge is 2.60. The van der Waals surface area contributed by atoms with Crippen molar-refractivity contribution in [2.75, 3.05) is 19.6 Å². The number of aromatic nitrogens is 3. The molecule has 2 unspecified atom stereocenters. The van der Waals surface area contributed by atoms with E-state index in [1.165, 1.54) is 0 Å². The van der Waals surface area contributed by atoms with Gasteiger partial charge in [-0.2, -0.15) is 5.26 Å². The highest BCUT2D eigenvalue weighted by Crippen LogP contribution is 2.51. The molecule has 4 heterocycles. The zero-order valence-electron chi connectivity index (χ0n) is 20.2. The lowest BCUT2D eigenvalue weighted by molar-refractivity contribution is -0.140. The Kier molecular flexibility index (Phi) is 5.75. The predicted molar refractivity (Wildman–Crippen MR) is 128 cm³/mol. The summed E-state index contributed by atoms with van der Waals surface area (Å²) in [5.74, 6) is -0.197. The Hall–Kier alpha value is -2.73. The van der Waals surface area contributed by atoms with Crippen LogP contribution in [-0.4, -0.2) is 55.8 Å². The average molecular weight is 481 g/mol. The van der Waals surface area contributed by atoms with Crippen molar-refractivity contribution in [3.05, 3.63) is 34.3 Å². The Morgan fingerprint density at radius 1 is 1.32 bits per heavy atom. The number of nitrogens with zero attached hydrogens (tertiary/aromatic N) is 6. The predicted octanol–water partition coefficient (Wildman–Crippen LogP) is 3.66. The van der Waals surface area contributed by atoms with Gasteiger partial charge in [0.2, 0.25) is 11.8 Å². The van der Waals surface area contributed by atoms with Gasteiger partial charge in [0, 0.05) is 43.2 Å². The Balaban J connectivity index is 1.47. The maximum absolute atomic E-state index is 14.0. The number of likely N-dealkylation sites (tertiary alicyclic amines) is 2. The van der Waals surface area contributed by atoms with Crippen LogP contribution in [0.1, 0.15) is 74.3 Å². The maximum atomic E-state index is 14.0. The Labute approximate surface area is 204 Å². The lowest BCUT2D eigenvalue weighted by Gasteiger charge is -2.29. The minimum absolute atomic E-state index is 0.0787. The largest absolute Gasteiger partial charge is 0.339 e. The van der Waals surface area contributed by atoms with Crippen LogP contribution >= 0.6 is 11.3 Å². The number of imidazole rings is 1. The summed E-state index contributed by atoms with van der Waals surface area (Å²) in [4.78, 5) is 40.6. The molecule has 3 aliphatic rings. The molecule has 0 bridgehead atoms. The van der Waals surface area contributed by atoms with E-state index >= 15 is 0 Å². The van der Waals surface area contributed by atoms with Crippen molar-refractivity contribution in [1.82, 2.24) is 24.3 Å². The van der Waals surface area contributed by atoms with E-state index in [0.29, 0.717) is 45.4 Å². The van der Waals surface area contributed by atoms with Crippen LogP contribution in [0.4, 0.5) is 0 Å². The number of nitriles is 1. The smallest absolute Gasteiger partial charge is 0.243 e. The molecule has 5 rings (SSSR count). The Morgan fingerprint density at radius 2 is 2.09 bits per heavy atom. The van der Waals surface area contributed by atoms with E-state index in [1.54, 1.807) is 11.3 Å². The molecule has 1 spiro atoms. The second-order valence-corrected chi connectivity index (χ2v) is 11.5. The second kappa shape index (κ2) is 8.49. The number of carbonyl (C=O) groups excluding carboxylic acids is 2. The van der Waals surface area contributed by atoms with E-state index in [2.05, 4.69) is 29.5 Å². The summed E-state index contributed by atoms with van der Waals surface area (Å²) in [6, 6.07) is 2.61. The minimum atomic E-state index is -0.938. The topological polar surface area (TPSA) is 95.1 Å². The molecule has 8 nitrogen and oxygen atoms in total. The van der Waals surface area contributed by atoms with Crippen molar-refractivity contribution in [1.29, 1.82) is 5.26 Å². The molecular formula is C25H32N6O2S. The number of aryl methyl sites for hydroxylation is 1. The van der Waals surface area contributed by atoms with Crippen LogP contribution in [0.15, 0.2) is 17.9 Å². The first-order valence-corrected chi connectivity index (χ1v) is 13.1. The molecular weight excluding hydrogens is 448 g/mol. The molecule has 2 aliphatic heterocycles. The quantitative estimate of drug-likeness (QED) is 0.651. The highest BCUT2D eigenvalue weighted by atomic mass is 32.1. The monoisotopic (exact) mass is 480 g/mol. The van der Waals surface area contributed by atoms with Crippen molar-refractivity contribution in [3.63, 3.8) is 0 Å². The van der Waals surface area contributed by atoms with E-state index in [0.717, 1.165) is 29.2 Å². The highest BCUT2D eigenvalue weighted by molar-refractivity contribution is 7.09. The van der Waals surface area contributed by atoms with Gasteiger partial charge < -0.3 is 14.4 Å². The fourth-order valence-corrected chi connectivity index (χ4v) is 6.67. The van der Waals surface area contributed by atoms with Crippen LogP contribution in [-0.2, 0) is 16.1 Å². The van der Waals surface area contributed by atoms with Gasteiger partial charge in [0.25, 0.3) is 0 Å². The third kappa shape index (κ3) is 3.63. The van der Waals surface area contributed by atoms with Crippen LogP contribution in [0.5, 0.6) is 0 Å². The van der Waals surface area contributed by atoms with Crippen LogP contribution in [0.3, 0.4) is 0 Å². The zero-order valence-corrected chi connectivity index (χ0v) is 21.0. The van der Waals surface area contributed by atoms with Crippen LogP contribution in [0.25, 0.3) is 0 Å². The van der Waals surface area contributed by atoms with Gasteiger partial charge in [0.05, 0.1) is 40.8 Å². The number of hydrogen-bond donors (Lipinski definition) is 0. The third-order valence-corrected chi connectivity index (χ3v) is 8.87.